The maximum Gasteiger partial charge on any atom is 0.0636 e. The van der Waals surface area contributed by atoms with Crippen LogP contribution < -0.4 is 5.32 Å². The van der Waals surface area contributed by atoms with Crippen molar-refractivity contribution < 1.29 is 5.11 Å². The van der Waals surface area contributed by atoms with E-state index < -0.39 is 0 Å². The van der Waals surface area contributed by atoms with Crippen LogP contribution in [0.1, 0.15) is 24.1 Å². The molecule has 82 valence electrons. The molecule has 0 aromatic heterocycles. The van der Waals surface area contributed by atoms with Gasteiger partial charge in [-0.05, 0) is 18.1 Å². The number of benzene rings is 1. The average molecular weight is 223 g/mol. The van der Waals surface area contributed by atoms with Gasteiger partial charge in [0.1, 0.15) is 0 Å². The molecule has 0 aliphatic carbocycles. The fourth-order valence-corrected chi connectivity index (χ4v) is 3.00. The number of hydrogen-bond donors (Lipinski definition) is 2. The maximum atomic E-state index is 9.26. The van der Waals surface area contributed by atoms with E-state index in [1.165, 1.54) is 11.1 Å². The van der Waals surface area contributed by atoms with E-state index in [1.807, 2.05) is 18.7 Å². The minimum Gasteiger partial charge on any atom is -0.392 e. The summed E-state index contributed by atoms with van der Waals surface area (Å²) in [5.41, 5.74) is 2.83. The Kier molecular flexibility index (Phi) is 3.67. The summed E-state index contributed by atoms with van der Waals surface area (Å²) in [4.78, 5) is 0. The number of thioether (sulfide) groups is 1. The second kappa shape index (κ2) is 5.01. The Bertz CT molecular complexity index is 327. The van der Waals surface area contributed by atoms with Crippen LogP contribution in [0, 0.1) is 0 Å². The van der Waals surface area contributed by atoms with Crippen LogP contribution in [-0.2, 0) is 5.75 Å². The number of aliphatic hydroxyl groups is 1. The molecule has 0 saturated heterocycles. The Hall–Kier alpha value is -0.510. The van der Waals surface area contributed by atoms with E-state index in [1.54, 1.807) is 0 Å². The van der Waals surface area contributed by atoms with Gasteiger partial charge < -0.3 is 10.4 Å². The van der Waals surface area contributed by atoms with E-state index in [-0.39, 0.29) is 6.10 Å². The third kappa shape index (κ3) is 2.74. The van der Waals surface area contributed by atoms with Crippen LogP contribution in [0.15, 0.2) is 24.3 Å². The Morgan fingerprint density at radius 2 is 2.33 bits per heavy atom. The molecule has 15 heavy (non-hydrogen) atoms. The minimum absolute atomic E-state index is 0.274. The van der Waals surface area contributed by atoms with Gasteiger partial charge in [0.05, 0.1) is 6.10 Å². The lowest BCUT2D eigenvalue weighted by Gasteiger charge is -2.26. The van der Waals surface area contributed by atoms with Crippen LogP contribution >= 0.6 is 11.8 Å². The molecule has 1 heterocycles. The highest BCUT2D eigenvalue weighted by atomic mass is 32.2. The summed E-state index contributed by atoms with van der Waals surface area (Å²) in [7, 11) is 0. The van der Waals surface area contributed by atoms with Crippen molar-refractivity contribution in [2.75, 3.05) is 12.3 Å². The monoisotopic (exact) mass is 223 g/mol. The molecule has 2 unspecified atom stereocenters. The zero-order valence-corrected chi connectivity index (χ0v) is 9.76. The third-order valence-corrected chi connectivity index (χ3v) is 3.72. The summed E-state index contributed by atoms with van der Waals surface area (Å²) in [5, 5.41) is 12.7. The van der Waals surface area contributed by atoms with Crippen molar-refractivity contribution in [3.05, 3.63) is 35.4 Å². The van der Waals surface area contributed by atoms with Crippen molar-refractivity contribution in [2.24, 2.45) is 0 Å². The number of rotatable bonds is 3. The number of fused-ring (bicyclic) bond motifs is 1. The van der Waals surface area contributed by atoms with Crippen molar-refractivity contribution in [3.63, 3.8) is 0 Å². The van der Waals surface area contributed by atoms with E-state index in [0.29, 0.717) is 12.6 Å². The Labute approximate surface area is 95.1 Å². The van der Waals surface area contributed by atoms with E-state index in [0.717, 1.165) is 11.5 Å². The first-order chi connectivity index (χ1) is 7.27. The van der Waals surface area contributed by atoms with E-state index in [9.17, 15) is 5.11 Å². The van der Waals surface area contributed by atoms with Gasteiger partial charge in [0.25, 0.3) is 0 Å². The molecule has 0 bridgehead atoms. The highest BCUT2D eigenvalue weighted by molar-refractivity contribution is 7.98. The molecular formula is C12H17NOS. The molecular weight excluding hydrogens is 206 g/mol. The summed E-state index contributed by atoms with van der Waals surface area (Å²) in [6, 6.07) is 8.96. The van der Waals surface area contributed by atoms with Crippen LogP contribution in [-0.4, -0.2) is 23.5 Å². The third-order valence-electron chi connectivity index (χ3n) is 2.63. The lowest BCUT2D eigenvalue weighted by Crippen LogP contribution is -2.32. The van der Waals surface area contributed by atoms with Gasteiger partial charge in [-0.25, -0.2) is 0 Å². The van der Waals surface area contributed by atoms with E-state index in [2.05, 4.69) is 29.6 Å². The maximum absolute atomic E-state index is 9.26. The zero-order chi connectivity index (χ0) is 10.7. The van der Waals surface area contributed by atoms with Gasteiger partial charge in [-0.3, -0.25) is 0 Å². The number of aliphatic hydroxyl groups excluding tert-OH is 1. The normalized spacial score (nSPS) is 22.1. The lowest BCUT2D eigenvalue weighted by atomic mass is 10.0. The van der Waals surface area contributed by atoms with Gasteiger partial charge in [0.2, 0.25) is 0 Å². The van der Waals surface area contributed by atoms with Crippen LogP contribution in [0.25, 0.3) is 0 Å². The number of nitrogens with one attached hydrogen (secondary N) is 1. The quantitative estimate of drug-likeness (QED) is 0.821. The largest absolute Gasteiger partial charge is 0.392 e. The molecule has 0 spiro atoms. The van der Waals surface area contributed by atoms with Crippen molar-refractivity contribution >= 4 is 11.8 Å². The van der Waals surface area contributed by atoms with E-state index >= 15 is 0 Å². The lowest BCUT2D eigenvalue weighted by molar-refractivity contribution is 0.187. The smallest absolute Gasteiger partial charge is 0.0636 e. The van der Waals surface area contributed by atoms with Gasteiger partial charge in [-0.15, -0.1) is 0 Å². The van der Waals surface area contributed by atoms with Gasteiger partial charge >= 0.3 is 0 Å². The molecule has 1 aliphatic rings. The molecule has 2 nitrogen and oxygen atoms in total. The summed E-state index contributed by atoms with van der Waals surface area (Å²) in [5.74, 6) is 2.22. The summed E-state index contributed by atoms with van der Waals surface area (Å²) >= 11 is 1.95. The molecule has 0 radical (unpaired) electrons. The summed E-state index contributed by atoms with van der Waals surface area (Å²) < 4.78 is 0. The van der Waals surface area contributed by atoms with Crippen molar-refractivity contribution in [3.8, 4) is 0 Å². The molecule has 2 N–H and O–H groups in total. The van der Waals surface area contributed by atoms with Crippen molar-refractivity contribution in [1.82, 2.24) is 5.32 Å². The predicted molar refractivity (Wildman–Crippen MR) is 65.0 cm³/mol. The molecule has 2 rings (SSSR count). The van der Waals surface area contributed by atoms with Crippen LogP contribution in [0.3, 0.4) is 0 Å². The molecule has 3 heteroatoms. The SMILES string of the molecule is CC(O)CNC1CSCc2ccccc21. The highest BCUT2D eigenvalue weighted by Crippen LogP contribution is 2.31. The van der Waals surface area contributed by atoms with Crippen LogP contribution in [0.5, 0.6) is 0 Å². The van der Waals surface area contributed by atoms with Gasteiger partial charge in [0, 0.05) is 24.1 Å². The second-order valence-corrected chi connectivity index (χ2v) is 5.05. The highest BCUT2D eigenvalue weighted by Gasteiger charge is 2.19. The topological polar surface area (TPSA) is 32.3 Å². The van der Waals surface area contributed by atoms with Gasteiger partial charge in [-0.1, -0.05) is 24.3 Å². The van der Waals surface area contributed by atoms with Gasteiger partial charge in [-0.2, -0.15) is 11.8 Å². The summed E-state index contributed by atoms with van der Waals surface area (Å²) in [6.07, 6.45) is -0.274. The first-order valence-corrected chi connectivity index (χ1v) is 6.50. The Morgan fingerprint density at radius 1 is 1.53 bits per heavy atom. The summed E-state index contributed by atoms with van der Waals surface area (Å²) in [6.45, 7) is 2.48. The van der Waals surface area contributed by atoms with Crippen LogP contribution in [0.4, 0.5) is 0 Å². The van der Waals surface area contributed by atoms with E-state index in [4.69, 9.17) is 0 Å². The fourth-order valence-electron chi connectivity index (χ4n) is 1.86. The first kappa shape index (κ1) is 11.0. The zero-order valence-electron chi connectivity index (χ0n) is 8.94. The van der Waals surface area contributed by atoms with Crippen molar-refractivity contribution in [1.29, 1.82) is 0 Å². The predicted octanol–water partition coefficient (Wildman–Crippen LogP) is 1.94. The number of hydrogen-bond acceptors (Lipinski definition) is 3. The molecule has 0 saturated carbocycles. The Morgan fingerprint density at radius 3 is 3.13 bits per heavy atom. The van der Waals surface area contributed by atoms with Crippen molar-refractivity contribution in [2.45, 2.75) is 24.8 Å². The first-order valence-electron chi connectivity index (χ1n) is 5.34. The standard InChI is InChI=1S/C12H17NOS/c1-9(14)6-13-12-8-15-7-10-4-2-3-5-11(10)12/h2-5,9,12-14H,6-8H2,1H3. The minimum atomic E-state index is -0.274. The van der Waals surface area contributed by atoms with Gasteiger partial charge in [0.15, 0.2) is 0 Å². The molecule has 0 fully saturated rings. The molecule has 0 amide bonds. The van der Waals surface area contributed by atoms with Crippen LogP contribution in [0.2, 0.25) is 0 Å². The average Bonchev–Trinajstić information content (AvgIpc) is 2.26. The molecule has 1 aliphatic heterocycles. The Balaban J connectivity index is 2.08. The molecule has 1 aromatic carbocycles. The molecule has 1 aromatic rings. The fraction of sp³-hybridized carbons (Fsp3) is 0.500. The molecule has 2 atom stereocenters. The second-order valence-electron chi connectivity index (χ2n) is 4.02.